The number of non-ortho nitro benzene ring substituents is 1. The molecule has 0 saturated heterocycles. The van der Waals surface area contributed by atoms with Crippen molar-refractivity contribution in [3.05, 3.63) is 93.5 Å². The Balaban J connectivity index is 1.61. The zero-order chi connectivity index (χ0) is 22.7. The minimum atomic E-state index is -0.554. The summed E-state index contributed by atoms with van der Waals surface area (Å²) in [5.41, 5.74) is 3.22. The van der Waals surface area contributed by atoms with E-state index in [2.05, 4.69) is 5.32 Å². The lowest BCUT2D eigenvalue weighted by Gasteiger charge is -2.25. The molecular formula is C24H23N3O5. The van der Waals surface area contributed by atoms with Crippen LogP contribution in [0.1, 0.15) is 16.7 Å². The SMILES string of the molecule is O=C1[C@H](Cc2ccc(O)cc2)Nc2ccc([N+](=O)[O-])cc2CN1CCc1ccc(O)cc1. The number of nitro groups is 1. The van der Waals surface area contributed by atoms with Crippen LogP contribution in [0.5, 0.6) is 11.5 Å². The van der Waals surface area contributed by atoms with Gasteiger partial charge in [0.15, 0.2) is 0 Å². The van der Waals surface area contributed by atoms with E-state index in [1.54, 1.807) is 47.4 Å². The molecule has 0 bridgehead atoms. The lowest BCUT2D eigenvalue weighted by molar-refractivity contribution is -0.384. The topological polar surface area (TPSA) is 116 Å². The second-order valence-corrected chi connectivity index (χ2v) is 7.84. The highest BCUT2D eigenvalue weighted by Crippen LogP contribution is 2.28. The molecule has 1 amide bonds. The van der Waals surface area contributed by atoms with Gasteiger partial charge in [0.05, 0.1) is 4.92 Å². The van der Waals surface area contributed by atoms with Crippen LogP contribution in [0.4, 0.5) is 11.4 Å². The third-order valence-electron chi connectivity index (χ3n) is 5.58. The first-order valence-corrected chi connectivity index (χ1v) is 10.3. The zero-order valence-electron chi connectivity index (χ0n) is 17.3. The summed E-state index contributed by atoms with van der Waals surface area (Å²) in [7, 11) is 0. The Hall–Kier alpha value is -4.07. The third-order valence-corrected chi connectivity index (χ3v) is 5.58. The van der Waals surface area contributed by atoms with Crippen LogP contribution in [0, 0.1) is 10.1 Å². The number of carbonyl (C=O) groups is 1. The van der Waals surface area contributed by atoms with Crippen molar-refractivity contribution in [1.29, 1.82) is 0 Å². The fourth-order valence-corrected chi connectivity index (χ4v) is 3.84. The Morgan fingerprint density at radius 1 is 0.969 bits per heavy atom. The average Bonchev–Trinajstić information content (AvgIpc) is 2.91. The molecule has 0 aliphatic carbocycles. The minimum absolute atomic E-state index is 0.0199. The van der Waals surface area contributed by atoms with E-state index in [0.717, 1.165) is 11.1 Å². The number of fused-ring (bicyclic) bond motifs is 1. The van der Waals surface area contributed by atoms with Gasteiger partial charge in [0, 0.05) is 42.9 Å². The standard InChI is InChI=1S/C24H23N3O5/c28-20-6-1-16(2-7-20)11-12-26-15-18-14-19(27(31)32)5-10-22(18)25-23(24(26)30)13-17-3-8-21(29)9-4-17/h1-10,14,23,25,28-29H,11-13,15H2/t23-/m0/s1. The first-order valence-electron chi connectivity index (χ1n) is 10.3. The van der Waals surface area contributed by atoms with Crippen molar-refractivity contribution in [2.24, 2.45) is 0 Å². The fourth-order valence-electron chi connectivity index (χ4n) is 3.84. The predicted molar refractivity (Wildman–Crippen MR) is 120 cm³/mol. The van der Waals surface area contributed by atoms with E-state index in [-0.39, 0.29) is 29.6 Å². The lowest BCUT2D eigenvalue weighted by atomic mass is 10.0. The summed E-state index contributed by atoms with van der Waals surface area (Å²) in [5, 5.41) is 33.5. The summed E-state index contributed by atoms with van der Waals surface area (Å²) in [5.74, 6) is 0.233. The Labute approximate surface area is 184 Å². The Bertz CT molecular complexity index is 1130. The van der Waals surface area contributed by atoms with E-state index in [0.29, 0.717) is 30.6 Å². The van der Waals surface area contributed by atoms with Gasteiger partial charge in [-0.05, 0) is 47.9 Å². The molecule has 0 fully saturated rings. The first kappa shape index (κ1) is 21.2. The number of rotatable bonds is 6. The number of carbonyl (C=O) groups excluding carboxylic acids is 1. The number of nitrogens with zero attached hydrogens (tertiary/aromatic N) is 2. The number of hydrogen-bond acceptors (Lipinski definition) is 6. The van der Waals surface area contributed by atoms with Crippen LogP contribution in [-0.4, -0.2) is 38.5 Å². The number of aromatic hydroxyl groups is 2. The van der Waals surface area contributed by atoms with Crippen LogP contribution in [0.2, 0.25) is 0 Å². The molecule has 1 atom stereocenters. The van der Waals surface area contributed by atoms with Crippen molar-refractivity contribution in [3.8, 4) is 11.5 Å². The van der Waals surface area contributed by atoms with Crippen LogP contribution in [0.15, 0.2) is 66.7 Å². The van der Waals surface area contributed by atoms with E-state index in [4.69, 9.17) is 0 Å². The van der Waals surface area contributed by atoms with Gasteiger partial charge >= 0.3 is 0 Å². The Kier molecular flexibility index (Phi) is 5.93. The molecule has 0 aromatic heterocycles. The van der Waals surface area contributed by atoms with E-state index >= 15 is 0 Å². The van der Waals surface area contributed by atoms with Gasteiger partial charge in [-0.15, -0.1) is 0 Å². The summed E-state index contributed by atoms with van der Waals surface area (Å²) in [6, 6.07) is 17.6. The number of nitro benzene ring substituents is 1. The number of benzene rings is 3. The van der Waals surface area contributed by atoms with Crippen LogP contribution >= 0.6 is 0 Å². The molecule has 0 radical (unpaired) electrons. The number of anilines is 1. The molecule has 8 nitrogen and oxygen atoms in total. The summed E-state index contributed by atoms with van der Waals surface area (Å²) in [4.78, 5) is 25.9. The molecule has 0 saturated carbocycles. The van der Waals surface area contributed by atoms with Crippen LogP contribution in [-0.2, 0) is 24.2 Å². The predicted octanol–water partition coefficient (Wildman–Crippen LogP) is 3.61. The number of amides is 1. The largest absolute Gasteiger partial charge is 0.508 e. The molecule has 3 aromatic rings. The average molecular weight is 433 g/mol. The van der Waals surface area contributed by atoms with Gasteiger partial charge < -0.3 is 20.4 Å². The van der Waals surface area contributed by atoms with E-state index in [1.165, 1.54) is 12.1 Å². The number of nitrogens with one attached hydrogen (secondary N) is 1. The molecule has 1 heterocycles. The number of phenols is 2. The smallest absolute Gasteiger partial charge is 0.269 e. The zero-order valence-corrected chi connectivity index (χ0v) is 17.3. The maximum Gasteiger partial charge on any atom is 0.269 e. The molecule has 1 aliphatic heterocycles. The van der Waals surface area contributed by atoms with Gasteiger partial charge in [-0.25, -0.2) is 0 Å². The number of hydrogen-bond donors (Lipinski definition) is 3. The van der Waals surface area contributed by atoms with Gasteiger partial charge in [0.25, 0.3) is 5.69 Å². The molecule has 1 aliphatic rings. The Morgan fingerprint density at radius 2 is 1.59 bits per heavy atom. The first-order chi connectivity index (χ1) is 15.4. The second-order valence-electron chi connectivity index (χ2n) is 7.84. The quantitative estimate of drug-likeness (QED) is 0.404. The second kappa shape index (κ2) is 8.97. The molecule has 0 unspecified atom stereocenters. The van der Waals surface area contributed by atoms with Crippen molar-refractivity contribution >= 4 is 17.3 Å². The minimum Gasteiger partial charge on any atom is -0.508 e. The van der Waals surface area contributed by atoms with Crippen molar-refractivity contribution in [2.45, 2.75) is 25.4 Å². The lowest BCUT2D eigenvalue weighted by Crippen LogP contribution is -2.42. The summed E-state index contributed by atoms with van der Waals surface area (Å²) >= 11 is 0. The summed E-state index contributed by atoms with van der Waals surface area (Å²) < 4.78 is 0. The molecule has 4 rings (SSSR count). The third kappa shape index (κ3) is 4.80. The molecular weight excluding hydrogens is 410 g/mol. The maximum atomic E-state index is 13.4. The van der Waals surface area contributed by atoms with Gasteiger partial charge in [0.2, 0.25) is 5.91 Å². The van der Waals surface area contributed by atoms with Crippen LogP contribution < -0.4 is 5.32 Å². The van der Waals surface area contributed by atoms with Crippen LogP contribution in [0.3, 0.4) is 0 Å². The summed E-state index contributed by atoms with van der Waals surface area (Å²) in [6.45, 7) is 0.687. The van der Waals surface area contributed by atoms with Crippen molar-refractivity contribution < 1.29 is 19.9 Å². The monoisotopic (exact) mass is 433 g/mol. The fraction of sp³-hybridized carbons (Fsp3) is 0.208. The van der Waals surface area contributed by atoms with Crippen LogP contribution in [0.25, 0.3) is 0 Å². The molecule has 8 heteroatoms. The molecule has 32 heavy (non-hydrogen) atoms. The highest BCUT2D eigenvalue weighted by Gasteiger charge is 2.30. The highest BCUT2D eigenvalue weighted by molar-refractivity contribution is 5.87. The van der Waals surface area contributed by atoms with E-state index in [9.17, 15) is 25.1 Å². The molecule has 3 N–H and O–H groups in total. The Morgan fingerprint density at radius 3 is 2.22 bits per heavy atom. The van der Waals surface area contributed by atoms with Crippen molar-refractivity contribution in [2.75, 3.05) is 11.9 Å². The van der Waals surface area contributed by atoms with Gasteiger partial charge in [0.1, 0.15) is 17.5 Å². The van der Waals surface area contributed by atoms with E-state index < -0.39 is 11.0 Å². The van der Waals surface area contributed by atoms with Gasteiger partial charge in [-0.1, -0.05) is 24.3 Å². The molecule has 164 valence electrons. The number of phenolic OH excluding ortho intramolecular Hbond substituents is 2. The van der Waals surface area contributed by atoms with Gasteiger partial charge in [-0.2, -0.15) is 0 Å². The molecule has 3 aromatic carbocycles. The summed E-state index contributed by atoms with van der Waals surface area (Å²) in [6.07, 6.45) is 0.994. The van der Waals surface area contributed by atoms with Gasteiger partial charge in [-0.3, -0.25) is 14.9 Å². The molecule has 0 spiro atoms. The maximum absolute atomic E-state index is 13.4. The van der Waals surface area contributed by atoms with E-state index in [1.807, 2.05) is 12.1 Å². The highest BCUT2D eigenvalue weighted by atomic mass is 16.6. The normalized spacial score (nSPS) is 15.6. The van der Waals surface area contributed by atoms with Crippen molar-refractivity contribution in [1.82, 2.24) is 4.90 Å². The van der Waals surface area contributed by atoms with Crippen molar-refractivity contribution in [3.63, 3.8) is 0 Å².